The average Bonchev–Trinajstić information content (AvgIpc) is 3.08. The Balaban J connectivity index is 1.51. The van der Waals surface area contributed by atoms with Gasteiger partial charge in [0.2, 0.25) is 0 Å². The van der Waals surface area contributed by atoms with Crippen LogP contribution in [0.4, 0.5) is 0 Å². The number of hydrogen-bond acceptors (Lipinski definition) is 3. The minimum Gasteiger partial charge on any atom is -0.315 e. The minimum atomic E-state index is 0.697. The fraction of sp³-hybridized carbons (Fsp3) is 1.00. The molecule has 2 rings (SSSR count). The first kappa shape index (κ1) is 12.3. The molecular weight excluding hydrogens is 198 g/mol. The van der Waals surface area contributed by atoms with Crippen LogP contribution in [-0.2, 0) is 0 Å². The molecule has 2 fully saturated rings. The van der Waals surface area contributed by atoms with Crippen LogP contribution in [0.1, 0.15) is 26.2 Å². The fourth-order valence-corrected chi connectivity index (χ4v) is 2.49. The van der Waals surface area contributed by atoms with E-state index in [-0.39, 0.29) is 0 Å². The van der Waals surface area contributed by atoms with Gasteiger partial charge in [-0.2, -0.15) is 0 Å². The lowest BCUT2D eigenvalue weighted by molar-refractivity contribution is 0.154. The van der Waals surface area contributed by atoms with Crippen molar-refractivity contribution in [2.75, 3.05) is 52.9 Å². The zero-order valence-corrected chi connectivity index (χ0v) is 11.0. The van der Waals surface area contributed by atoms with Crippen molar-refractivity contribution in [2.24, 2.45) is 5.41 Å². The van der Waals surface area contributed by atoms with Crippen LogP contribution in [-0.4, -0.2) is 62.7 Å². The molecule has 94 valence electrons. The number of piperazine rings is 1. The quantitative estimate of drug-likeness (QED) is 0.681. The van der Waals surface area contributed by atoms with E-state index in [0.29, 0.717) is 5.41 Å². The van der Waals surface area contributed by atoms with Crippen molar-refractivity contribution in [1.82, 2.24) is 15.1 Å². The molecule has 0 aromatic heterocycles. The zero-order valence-electron chi connectivity index (χ0n) is 11.0. The van der Waals surface area contributed by atoms with Gasteiger partial charge in [-0.25, -0.2) is 0 Å². The Kier molecular flexibility index (Phi) is 4.22. The van der Waals surface area contributed by atoms with E-state index >= 15 is 0 Å². The third-order valence-corrected chi connectivity index (χ3v) is 4.41. The first-order valence-electron chi connectivity index (χ1n) is 6.86. The maximum atomic E-state index is 3.64. The SMILES string of the molecule is CCC1(CNCCN2CCN(C)CC2)CC1. The van der Waals surface area contributed by atoms with E-state index in [9.17, 15) is 0 Å². The van der Waals surface area contributed by atoms with Crippen molar-refractivity contribution in [3.05, 3.63) is 0 Å². The summed E-state index contributed by atoms with van der Waals surface area (Å²) in [5, 5.41) is 3.64. The van der Waals surface area contributed by atoms with Crippen LogP contribution >= 0.6 is 0 Å². The highest BCUT2D eigenvalue weighted by molar-refractivity contribution is 4.93. The van der Waals surface area contributed by atoms with Gasteiger partial charge in [-0.15, -0.1) is 0 Å². The largest absolute Gasteiger partial charge is 0.315 e. The Morgan fingerprint density at radius 1 is 1.12 bits per heavy atom. The summed E-state index contributed by atoms with van der Waals surface area (Å²) in [6.07, 6.45) is 4.25. The lowest BCUT2D eigenvalue weighted by atomic mass is 10.0. The third-order valence-electron chi connectivity index (χ3n) is 4.41. The monoisotopic (exact) mass is 225 g/mol. The molecule has 0 unspecified atom stereocenters. The van der Waals surface area contributed by atoms with Gasteiger partial charge in [-0.1, -0.05) is 6.92 Å². The topological polar surface area (TPSA) is 18.5 Å². The van der Waals surface area contributed by atoms with Crippen LogP contribution < -0.4 is 5.32 Å². The molecule has 0 amide bonds. The molecule has 1 saturated carbocycles. The molecule has 0 atom stereocenters. The lowest BCUT2D eigenvalue weighted by Gasteiger charge is -2.32. The summed E-state index contributed by atoms with van der Waals surface area (Å²) in [7, 11) is 2.22. The number of nitrogens with zero attached hydrogens (tertiary/aromatic N) is 2. The Morgan fingerprint density at radius 3 is 2.38 bits per heavy atom. The van der Waals surface area contributed by atoms with Crippen LogP contribution in [0.15, 0.2) is 0 Å². The van der Waals surface area contributed by atoms with Crippen LogP contribution in [0.3, 0.4) is 0 Å². The van der Waals surface area contributed by atoms with E-state index in [0.717, 1.165) is 0 Å². The zero-order chi connectivity index (χ0) is 11.4. The molecule has 1 saturated heterocycles. The standard InChI is InChI=1S/C13H27N3/c1-3-13(4-5-13)12-14-6-7-16-10-8-15(2)9-11-16/h14H,3-12H2,1-2H3. The second kappa shape index (κ2) is 5.48. The van der Waals surface area contributed by atoms with E-state index < -0.39 is 0 Å². The Morgan fingerprint density at radius 2 is 1.81 bits per heavy atom. The average molecular weight is 225 g/mol. The summed E-state index contributed by atoms with van der Waals surface area (Å²) in [6, 6.07) is 0. The van der Waals surface area contributed by atoms with Crippen molar-refractivity contribution >= 4 is 0 Å². The van der Waals surface area contributed by atoms with E-state index in [1.54, 1.807) is 0 Å². The summed E-state index contributed by atoms with van der Waals surface area (Å²) in [5.74, 6) is 0. The van der Waals surface area contributed by atoms with Crippen LogP contribution in [0.5, 0.6) is 0 Å². The molecule has 2 aliphatic rings. The second-order valence-corrected chi connectivity index (χ2v) is 5.68. The van der Waals surface area contributed by atoms with Gasteiger partial charge < -0.3 is 10.2 Å². The van der Waals surface area contributed by atoms with Crippen molar-refractivity contribution in [1.29, 1.82) is 0 Å². The van der Waals surface area contributed by atoms with E-state index in [1.165, 1.54) is 65.1 Å². The van der Waals surface area contributed by atoms with Gasteiger partial charge in [0.15, 0.2) is 0 Å². The molecule has 3 heteroatoms. The molecule has 1 N–H and O–H groups in total. The molecule has 0 aromatic rings. The predicted octanol–water partition coefficient (Wildman–Crippen LogP) is 1.01. The second-order valence-electron chi connectivity index (χ2n) is 5.68. The van der Waals surface area contributed by atoms with Crippen molar-refractivity contribution < 1.29 is 0 Å². The number of hydrogen-bond donors (Lipinski definition) is 1. The van der Waals surface area contributed by atoms with E-state index in [4.69, 9.17) is 0 Å². The van der Waals surface area contributed by atoms with Crippen molar-refractivity contribution in [3.63, 3.8) is 0 Å². The number of likely N-dealkylation sites (N-methyl/N-ethyl adjacent to an activating group) is 1. The Bertz CT molecular complexity index is 205. The summed E-state index contributed by atoms with van der Waals surface area (Å²) in [4.78, 5) is 5.00. The Hall–Kier alpha value is -0.120. The van der Waals surface area contributed by atoms with Gasteiger partial charge in [-0.3, -0.25) is 4.90 Å². The molecule has 1 aliphatic heterocycles. The molecule has 1 heterocycles. The Labute approximate surface area is 100 Å². The molecule has 0 spiro atoms. The molecule has 0 bridgehead atoms. The van der Waals surface area contributed by atoms with Crippen molar-refractivity contribution in [2.45, 2.75) is 26.2 Å². The van der Waals surface area contributed by atoms with Crippen LogP contribution in [0, 0.1) is 5.41 Å². The number of rotatable bonds is 6. The summed E-state index contributed by atoms with van der Waals surface area (Å²) in [6.45, 7) is 10.9. The first-order valence-corrected chi connectivity index (χ1v) is 6.86. The van der Waals surface area contributed by atoms with Gasteiger partial charge in [0.05, 0.1) is 0 Å². The normalized spacial score (nSPS) is 25.9. The van der Waals surface area contributed by atoms with E-state index in [2.05, 4.69) is 29.1 Å². The van der Waals surface area contributed by atoms with Gasteiger partial charge >= 0.3 is 0 Å². The molecular formula is C13H27N3. The summed E-state index contributed by atoms with van der Waals surface area (Å²) in [5.41, 5.74) is 0.697. The maximum Gasteiger partial charge on any atom is 0.0110 e. The highest BCUT2D eigenvalue weighted by atomic mass is 15.2. The smallest absolute Gasteiger partial charge is 0.0110 e. The third kappa shape index (κ3) is 3.44. The summed E-state index contributed by atoms with van der Waals surface area (Å²) >= 11 is 0. The molecule has 1 aliphatic carbocycles. The maximum absolute atomic E-state index is 3.64. The van der Waals surface area contributed by atoms with Crippen molar-refractivity contribution in [3.8, 4) is 0 Å². The molecule has 16 heavy (non-hydrogen) atoms. The number of nitrogens with one attached hydrogen (secondary N) is 1. The minimum absolute atomic E-state index is 0.697. The fourth-order valence-electron chi connectivity index (χ4n) is 2.49. The van der Waals surface area contributed by atoms with Gasteiger partial charge in [0, 0.05) is 45.8 Å². The lowest BCUT2D eigenvalue weighted by Crippen LogP contribution is -2.46. The summed E-state index contributed by atoms with van der Waals surface area (Å²) < 4.78 is 0. The van der Waals surface area contributed by atoms with Gasteiger partial charge in [0.25, 0.3) is 0 Å². The highest BCUT2D eigenvalue weighted by Gasteiger charge is 2.39. The van der Waals surface area contributed by atoms with Gasteiger partial charge in [0.1, 0.15) is 0 Å². The first-order chi connectivity index (χ1) is 7.74. The van der Waals surface area contributed by atoms with Crippen LogP contribution in [0.2, 0.25) is 0 Å². The highest BCUT2D eigenvalue weighted by Crippen LogP contribution is 2.47. The predicted molar refractivity (Wildman–Crippen MR) is 68.8 cm³/mol. The van der Waals surface area contributed by atoms with Crippen LogP contribution in [0.25, 0.3) is 0 Å². The van der Waals surface area contributed by atoms with Gasteiger partial charge in [-0.05, 0) is 31.7 Å². The van der Waals surface area contributed by atoms with E-state index in [1.807, 2.05) is 0 Å². The molecule has 3 nitrogen and oxygen atoms in total. The molecule has 0 aromatic carbocycles. The molecule has 0 radical (unpaired) electrons.